The molecule has 0 aromatic carbocycles. The third-order valence-corrected chi connectivity index (χ3v) is 5.13. The molecule has 2 atom stereocenters. The van der Waals surface area contributed by atoms with Crippen LogP contribution in [-0.4, -0.2) is 23.4 Å². The van der Waals surface area contributed by atoms with Crippen molar-refractivity contribution in [2.45, 2.75) is 26.7 Å². The molecule has 2 fully saturated rings. The van der Waals surface area contributed by atoms with Crippen LogP contribution in [0.25, 0.3) is 0 Å². The van der Waals surface area contributed by atoms with Crippen LogP contribution in [-0.2, 0) is 14.4 Å². The Morgan fingerprint density at radius 2 is 2.00 bits per heavy atom. The molecule has 1 aromatic heterocycles. The first-order valence-electron chi connectivity index (χ1n) is 7.05. The first-order chi connectivity index (χ1) is 10.3. The smallest absolute Gasteiger partial charge is 0.305 e. The Labute approximate surface area is 126 Å². The molecule has 7 heteroatoms. The minimum Gasteiger partial charge on any atom is -0.459 e. The summed E-state index contributed by atoms with van der Waals surface area (Å²) in [6, 6.07) is 2.98. The third-order valence-electron chi connectivity index (χ3n) is 5.13. The van der Waals surface area contributed by atoms with Crippen molar-refractivity contribution in [1.82, 2.24) is 10.9 Å². The molecule has 0 saturated heterocycles. The van der Waals surface area contributed by atoms with Gasteiger partial charge in [-0.1, -0.05) is 13.8 Å². The first-order valence-corrected chi connectivity index (χ1v) is 7.05. The fourth-order valence-corrected chi connectivity index (χ4v) is 3.77. The van der Waals surface area contributed by atoms with Crippen molar-refractivity contribution < 1.29 is 23.6 Å². The number of fused-ring (bicyclic) bond motifs is 2. The van der Waals surface area contributed by atoms with Crippen LogP contribution >= 0.6 is 0 Å². The average Bonchev–Trinajstić information content (AvgIpc) is 3.12. The quantitative estimate of drug-likeness (QED) is 0.473. The van der Waals surface area contributed by atoms with Crippen molar-refractivity contribution in [3.05, 3.63) is 24.2 Å². The van der Waals surface area contributed by atoms with Crippen molar-refractivity contribution >= 4 is 23.4 Å². The number of nitrogens with one attached hydrogen (secondary N) is 2. The van der Waals surface area contributed by atoms with Gasteiger partial charge in [0.05, 0.1) is 6.26 Å². The molecule has 116 valence electrons. The summed E-state index contributed by atoms with van der Waals surface area (Å²) < 4.78 is 4.91. The normalized spacial score (nSPS) is 28.7. The van der Waals surface area contributed by atoms with E-state index in [9.17, 15) is 19.2 Å². The maximum atomic E-state index is 12.5. The van der Waals surface area contributed by atoms with Gasteiger partial charge in [0.1, 0.15) is 5.41 Å². The number of hydrogen-bond donors (Lipinski definition) is 2. The van der Waals surface area contributed by atoms with E-state index in [-0.39, 0.29) is 5.76 Å². The van der Waals surface area contributed by atoms with Gasteiger partial charge in [0.15, 0.2) is 5.76 Å². The van der Waals surface area contributed by atoms with Crippen molar-refractivity contribution in [1.29, 1.82) is 0 Å². The van der Waals surface area contributed by atoms with E-state index >= 15 is 0 Å². The van der Waals surface area contributed by atoms with Crippen LogP contribution < -0.4 is 10.9 Å². The maximum Gasteiger partial charge on any atom is 0.305 e. The third kappa shape index (κ3) is 1.62. The van der Waals surface area contributed by atoms with Gasteiger partial charge in [-0.3, -0.25) is 30.0 Å². The second kappa shape index (κ2) is 4.53. The molecule has 2 saturated carbocycles. The highest BCUT2D eigenvalue weighted by Crippen LogP contribution is 2.62. The molecule has 2 amide bonds. The lowest BCUT2D eigenvalue weighted by Gasteiger charge is -2.33. The number of carbonyl (C=O) groups excluding carboxylic acids is 4. The molecule has 0 aliphatic heterocycles. The lowest BCUT2D eigenvalue weighted by molar-refractivity contribution is -0.149. The number of carbonyl (C=O) groups is 4. The fourth-order valence-electron chi connectivity index (χ4n) is 3.77. The van der Waals surface area contributed by atoms with Gasteiger partial charge < -0.3 is 4.42 Å². The molecule has 22 heavy (non-hydrogen) atoms. The number of rotatable bonds is 2. The van der Waals surface area contributed by atoms with Crippen LogP contribution in [0.3, 0.4) is 0 Å². The number of Topliss-reactive ketones (excluding diaryl/α,β-unsaturated/α-hetero) is 2. The first kappa shape index (κ1) is 14.5. The van der Waals surface area contributed by atoms with Crippen molar-refractivity contribution in [2.75, 3.05) is 0 Å². The largest absolute Gasteiger partial charge is 0.459 e. The zero-order chi connectivity index (χ0) is 16.1. The van der Waals surface area contributed by atoms with E-state index in [4.69, 9.17) is 4.42 Å². The second-order valence-corrected chi connectivity index (χ2v) is 6.30. The molecule has 2 bridgehead atoms. The summed E-state index contributed by atoms with van der Waals surface area (Å²) in [5.41, 5.74) is 2.34. The summed E-state index contributed by atoms with van der Waals surface area (Å²) >= 11 is 0. The number of furan rings is 1. The van der Waals surface area contributed by atoms with Crippen LogP contribution in [0.2, 0.25) is 0 Å². The Morgan fingerprint density at radius 1 is 1.27 bits per heavy atom. The van der Waals surface area contributed by atoms with Crippen molar-refractivity contribution in [3.63, 3.8) is 0 Å². The molecule has 2 aliphatic rings. The summed E-state index contributed by atoms with van der Waals surface area (Å²) in [4.78, 5) is 48.6. The minimum atomic E-state index is -1.40. The van der Waals surface area contributed by atoms with Gasteiger partial charge >= 0.3 is 5.91 Å². The van der Waals surface area contributed by atoms with E-state index < -0.39 is 40.1 Å². The second-order valence-electron chi connectivity index (χ2n) is 6.30. The van der Waals surface area contributed by atoms with E-state index in [2.05, 4.69) is 10.9 Å². The molecule has 0 radical (unpaired) electrons. The Balaban J connectivity index is 1.78. The Morgan fingerprint density at radius 3 is 2.55 bits per heavy atom. The number of hydrogen-bond acceptors (Lipinski definition) is 5. The van der Waals surface area contributed by atoms with Crippen LogP contribution in [0.15, 0.2) is 22.8 Å². The highest BCUT2D eigenvalue weighted by molar-refractivity contribution is 6.47. The Kier molecular flexibility index (Phi) is 2.98. The van der Waals surface area contributed by atoms with Gasteiger partial charge in [-0.2, -0.15) is 0 Å². The van der Waals surface area contributed by atoms with E-state index in [0.29, 0.717) is 12.8 Å². The van der Waals surface area contributed by atoms with Gasteiger partial charge in [0.25, 0.3) is 5.91 Å². The van der Waals surface area contributed by atoms with E-state index in [1.54, 1.807) is 19.9 Å². The summed E-state index contributed by atoms with van der Waals surface area (Å²) in [6.45, 7) is 3.50. The van der Waals surface area contributed by atoms with Gasteiger partial charge in [-0.25, -0.2) is 0 Å². The monoisotopic (exact) mass is 304 g/mol. The van der Waals surface area contributed by atoms with Crippen molar-refractivity contribution in [3.8, 4) is 0 Å². The van der Waals surface area contributed by atoms with Crippen LogP contribution in [0.1, 0.15) is 37.2 Å². The average molecular weight is 304 g/mol. The fraction of sp³-hybridized carbons (Fsp3) is 0.467. The zero-order valence-electron chi connectivity index (χ0n) is 12.3. The topological polar surface area (TPSA) is 105 Å². The van der Waals surface area contributed by atoms with Gasteiger partial charge in [-0.05, 0) is 30.4 Å². The predicted molar refractivity (Wildman–Crippen MR) is 73.3 cm³/mol. The Bertz CT molecular complexity index is 676. The lowest BCUT2D eigenvalue weighted by atomic mass is 9.68. The Hall–Kier alpha value is -2.44. The number of amides is 2. The highest BCUT2D eigenvalue weighted by Gasteiger charge is 2.72. The molecule has 3 rings (SSSR count). The molecule has 1 aromatic rings. The van der Waals surface area contributed by atoms with E-state index in [0.717, 1.165) is 0 Å². The van der Waals surface area contributed by atoms with Gasteiger partial charge in [0.2, 0.25) is 11.6 Å². The van der Waals surface area contributed by atoms with Gasteiger partial charge in [-0.15, -0.1) is 0 Å². The molecular formula is C15H16N2O5. The SMILES string of the molecule is CC1(C)C2CCC1(C(=O)NNC(=O)c1ccco1)C(=O)C2=O. The molecule has 2 N–H and O–H groups in total. The van der Waals surface area contributed by atoms with Crippen LogP contribution in [0.4, 0.5) is 0 Å². The van der Waals surface area contributed by atoms with E-state index in [1.165, 1.54) is 12.3 Å². The molecule has 0 spiro atoms. The van der Waals surface area contributed by atoms with E-state index in [1.807, 2.05) is 0 Å². The number of hydrazine groups is 1. The molecule has 7 nitrogen and oxygen atoms in total. The summed E-state index contributed by atoms with van der Waals surface area (Å²) in [5, 5.41) is 0. The summed E-state index contributed by atoms with van der Waals surface area (Å²) in [7, 11) is 0. The zero-order valence-corrected chi connectivity index (χ0v) is 12.3. The highest BCUT2D eigenvalue weighted by atomic mass is 16.3. The summed E-state index contributed by atoms with van der Waals surface area (Å²) in [6.07, 6.45) is 2.16. The standard InChI is InChI=1S/C15H16N2O5/c1-14(2)8-5-6-15(14,11(19)10(8)18)13(21)17-16-12(20)9-4-3-7-22-9/h3-4,7-8H,5-6H2,1-2H3,(H,16,20)(H,17,21). The molecule has 1 heterocycles. The molecule has 2 unspecified atom stereocenters. The van der Waals surface area contributed by atoms with Crippen molar-refractivity contribution in [2.24, 2.45) is 16.7 Å². The maximum absolute atomic E-state index is 12.5. The number of ketones is 2. The molecular weight excluding hydrogens is 288 g/mol. The van der Waals surface area contributed by atoms with Gasteiger partial charge in [0, 0.05) is 5.92 Å². The lowest BCUT2D eigenvalue weighted by Crippen LogP contribution is -2.55. The minimum absolute atomic E-state index is 0.0372. The summed E-state index contributed by atoms with van der Waals surface area (Å²) in [5.74, 6) is -2.79. The predicted octanol–water partition coefficient (Wildman–Crippen LogP) is 0.615. The van der Waals surface area contributed by atoms with Crippen LogP contribution in [0.5, 0.6) is 0 Å². The molecule has 2 aliphatic carbocycles. The van der Waals surface area contributed by atoms with Crippen LogP contribution in [0, 0.1) is 16.7 Å².